The Morgan fingerprint density at radius 3 is 2.63 bits per heavy atom. The number of nitrogens with two attached hydrogens (primary N) is 1. The molecule has 0 bridgehead atoms. The number of amides is 3. The smallest absolute Gasteiger partial charge is 0.324 e. The zero-order valence-corrected chi connectivity index (χ0v) is 15.7. The quantitative estimate of drug-likeness (QED) is 0.579. The van der Waals surface area contributed by atoms with Crippen molar-refractivity contribution in [2.24, 2.45) is 5.73 Å². The molecule has 0 radical (unpaired) electrons. The van der Waals surface area contributed by atoms with E-state index in [2.05, 4.69) is 5.32 Å². The number of urea groups is 1. The minimum absolute atomic E-state index is 0.154. The van der Waals surface area contributed by atoms with E-state index in [1.807, 2.05) is 6.07 Å². The van der Waals surface area contributed by atoms with Crippen LogP contribution >= 0.6 is 11.8 Å². The second-order valence-electron chi connectivity index (χ2n) is 5.72. The average Bonchev–Trinajstić information content (AvgIpc) is 2.99. The number of nitrogens with zero attached hydrogens (tertiary/aromatic N) is 3. The summed E-state index contributed by atoms with van der Waals surface area (Å²) >= 11 is 0.975. The average molecular weight is 389 g/mol. The van der Waals surface area contributed by atoms with Crippen LogP contribution < -0.4 is 11.1 Å². The number of nitro groups is 1. The van der Waals surface area contributed by atoms with Crippen molar-refractivity contribution in [3.63, 3.8) is 0 Å². The third-order valence-electron chi connectivity index (χ3n) is 4.23. The molecule has 2 atom stereocenters. The monoisotopic (exact) mass is 389 g/mol. The van der Waals surface area contributed by atoms with E-state index >= 15 is 0 Å². The Hall–Kier alpha value is -3.06. The third-order valence-corrected chi connectivity index (χ3v) is 5.45. The van der Waals surface area contributed by atoms with E-state index in [0.29, 0.717) is 18.7 Å². The van der Waals surface area contributed by atoms with Crippen LogP contribution in [0.25, 0.3) is 0 Å². The van der Waals surface area contributed by atoms with Crippen molar-refractivity contribution in [1.29, 1.82) is 5.26 Å². The van der Waals surface area contributed by atoms with Crippen molar-refractivity contribution in [3.05, 3.63) is 50.5 Å². The van der Waals surface area contributed by atoms with Gasteiger partial charge in [0.05, 0.1) is 21.6 Å². The first-order valence-corrected chi connectivity index (χ1v) is 9.12. The molecule has 27 heavy (non-hydrogen) atoms. The van der Waals surface area contributed by atoms with Gasteiger partial charge in [-0.1, -0.05) is 23.9 Å². The number of carbonyl (C=O) groups excluding carboxylic acids is 2. The Labute approximate surface area is 160 Å². The molecule has 0 fully saturated rings. The maximum Gasteiger partial charge on any atom is 0.324 e. The minimum Gasteiger partial charge on any atom is -0.393 e. The fourth-order valence-electron chi connectivity index (χ4n) is 2.84. The first-order chi connectivity index (χ1) is 12.8. The molecule has 1 aromatic carbocycles. The third kappa shape index (κ3) is 4.20. The number of nitro benzene ring substituents is 1. The van der Waals surface area contributed by atoms with Crippen LogP contribution in [0.4, 0.5) is 10.5 Å². The van der Waals surface area contributed by atoms with E-state index < -0.39 is 28.0 Å². The Kier molecular flexibility index (Phi) is 6.41. The summed E-state index contributed by atoms with van der Waals surface area (Å²) in [5.74, 6) is -1.37. The number of allylic oxidation sites excluding steroid dienone is 1. The van der Waals surface area contributed by atoms with Crippen LogP contribution in [-0.2, 0) is 4.79 Å². The Balaban J connectivity index is 2.35. The highest BCUT2D eigenvalue weighted by atomic mass is 32.2. The maximum absolute atomic E-state index is 12.7. The molecule has 0 saturated carbocycles. The van der Waals surface area contributed by atoms with Crippen LogP contribution in [0.5, 0.6) is 0 Å². The number of rotatable bonds is 5. The molecule has 1 aliphatic heterocycles. The predicted octanol–water partition coefficient (Wildman–Crippen LogP) is 2.07. The lowest BCUT2D eigenvalue weighted by Gasteiger charge is -2.22. The van der Waals surface area contributed by atoms with E-state index in [1.165, 1.54) is 23.1 Å². The Morgan fingerprint density at radius 1 is 1.41 bits per heavy atom. The molecule has 10 heteroatoms. The molecular weight excluding hydrogens is 370 g/mol. The fourth-order valence-corrected chi connectivity index (χ4v) is 4.01. The standard InChI is InChI=1S/C17H19N5O4S/c1-3-21(4-2)17(24)20-16(23)14-13(12(9-18)15(19)27-14)10-6-5-7-11(8-10)22(25)26/h5-8,13-14H,3-4,19H2,1-2H3,(H,20,23,24). The van der Waals surface area contributed by atoms with Crippen molar-refractivity contribution in [2.45, 2.75) is 25.0 Å². The molecule has 1 heterocycles. The number of benzene rings is 1. The summed E-state index contributed by atoms with van der Waals surface area (Å²) in [6.07, 6.45) is 0. The molecule has 0 aromatic heterocycles. The van der Waals surface area contributed by atoms with Gasteiger partial charge in [0.25, 0.3) is 5.69 Å². The highest BCUT2D eigenvalue weighted by molar-refractivity contribution is 8.04. The van der Waals surface area contributed by atoms with Crippen LogP contribution in [0.2, 0.25) is 0 Å². The maximum atomic E-state index is 12.7. The lowest BCUT2D eigenvalue weighted by Crippen LogP contribution is -2.46. The molecule has 142 valence electrons. The van der Waals surface area contributed by atoms with Crippen LogP contribution in [0, 0.1) is 21.4 Å². The summed E-state index contributed by atoms with van der Waals surface area (Å²) in [6.45, 7) is 4.45. The number of carbonyl (C=O) groups is 2. The molecule has 3 amide bonds. The van der Waals surface area contributed by atoms with Crippen LogP contribution in [0.15, 0.2) is 34.9 Å². The van der Waals surface area contributed by atoms with Gasteiger partial charge < -0.3 is 10.6 Å². The molecule has 1 aliphatic rings. The van der Waals surface area contributed by atoms with Crippen molar-refractivity contribution in [2.75, 3.05) is 13.1 Å². The highest BCUT2D eigenvalue weighted by Gasteiger charge is 2.41. The summed E-state index contributed by atoms with van der Waals surface area (Å²) in [4.78, 5) is 36.8. The van der Waals surface area contributed by atoms with Crippen LogP contribution in [0.1, 0.15) is 25.3 Å². The first-order valence-electron chi connectivity index (χ1n) is 8.24. The van der Waals surface area contributed by atoms with Gasteiger partial charge in [0.2, 0.25) is 5.91 Å². The van der Waals surface area contributed by atoms with Gasteiger partial charge in [0, 0.05) is 31.1 Å². The summed E-state index contributed by atoms with van der Waals surface area (Å²) in [5.41, 5.74) is 6.33. The lowest BCUT2D eigenvalue weighted by molar-refractivity contribution is -0.384. The van der Waals surface area contributed by atoms with E-state index in [9.17, 15) is 25.0 Å². The molecule has 0 saturated heterocycles. The predicted molar refractivity (Wildman–Crippen MR) is 101 cm³/mol. The molecule has 0 spiro atoms. The molecule has 1 aromatic rings. The highest BCUT2D eigenvalue weighted by Crippen LogP contribution is 2.46. The largest absolute Gasteiger partial charge is 0.393 e. The Morgan fingerprint density at radius 2 is 2.07 bits per heavy atom. The van der Waals surface area contributed by atoms with Crippen molar-refractivity contribution >= 4 is 29.4 Å². The molecule has 3 N–H and O–H groups in total. The SMILES string of the molecule is CCN(CC)C(=O)NC(=O)C1SC(N)=C(C#N)C1c1cccc([N+](=O)[O-])c1. The number of hydrogen-bond acceptors (Lipinski definition) is 7. The number of imide groups is 1. The normalized spacial score (nSPS) is 18.7. The number of hydrogen-bond donors (Lipinski definition) is 2. The van der Waals surface area contributed by atoms with Crippen LogP contribution in [-0.4, -0.2) is 40.1 Å². The zero-order valence-electron chi connectivity index (χ0n) is 14.8. The molecule has 9 nitrogen and oxygen atoms in total. The van der Waals surface area contributed by atoms with Gasteiger partial charge >= 0.3 is 6.03 Å². The zero-order chi connectivity index (χ0) is 20.1. The number of nitriles is 1. The molecular formula is C17H19N5O4S. The molecule has 2 rings (SSSR count). The number of nitrogens with one attached hydrogen (secondary N) is 1. The number of non-ortho nitro benzene ring substituents is 1. The van der Waals surface area contributed by atoms with Gasteiger partial charge in [0.1, 0.15) is 5.25 Å². The van der Waals surface area contributed by atoms with Crippen molar-refractivity contribution < 1.29 is 14.5 Å². The fraction of sp³-hybridized carbons (Fsp3) is 0.353. The first kappa shape index (κ1) is 20.3. The second kappa shape index (κ2) is 8.55. The van der Waals surface area contributed by atoms with Gasteiger partial charge in [-0.15, -0.1) is 0 Å². The van der Waals surface area contributed by atoms with Crippen molar-refractivity contribution in [3.8, 4) is 6.07 Å². The topological polar surface area (TPSA) is 142 Å². The second-order valence-corrected chi connectivity index (χ2v) is 6.91. The minimum atomic E-state index is -0.874. The summed E-state index contributed by atoms with van der Waals surface area (Å²) in [7, 11) is 0. The van der Waals surface area contributed by atoms with Gasteiger partial charge in [-0.25, -0.2) is 4.79 Å². The van der Waals surface area contributed by atoms with Gasteiger partial charge in [-0.2, -0.15) is 5.26 Å². The van der Waals surface area contributed by atoms with E-state index in [1.54, 1.807) is 19.9 Å². The van der Waals surface area contributed by atoms with Gasteiger partial charge in [-0.05, 0) is 19.4 Å². The van der Waals surface area contributed by atoms with Crippen LogP contribution in [0.3, 0.4) is 0 Å². The van der Waals surface area contributed by atoms with Gasteiger partial charge in [-0.3, -0.25) is 20.2 Å². The summed E-state index contributed by atoms with van der Waals surface area (Å²) in [5, 5.41) is 22.1. The summed E-state index contributed by atoms with van der Waals surface area (Å²) in [6, 6.07) is 7.17. The van der Waals surface area contributed by atoms with E-state index in [0.717, 1.165) is 11.8 Å². The Bertz CT molecular complexity index is 844. The summed E-state index contributed by atoms with van der Waals surface area (Å²) < 4.78 is 0. The van der Waals surface area contributed by atoms with Gasteiger partial charge in [0.15, 0.2) is 0 Å². The molecule has 2 unspecified atom stereocenters. The lowest BCUT2D eigenvalue weighted by atomic mass is 9.88. The number of thioether (sulfide) groups is 1. The molecule has 0 aliphatic carbocycles. The van der Waals surface area contributed by atoms with E-state index in [-0.39, 0.29) is 16.3 Å². The van der Waals surface area contributed by atoms with Crippen molar-refractivity contribution in [1.82, 2.24) is 10.2 Å². The van der Waals surface area contributed by atoms with E-state index in [4.69, 9.17) is 5.73 Å².